The van der Waals surface area contributed by atoms with Crippen molar-refractivity contribution in [3.63, 3.8) is 0 Å². The highest BCUT2D eigenvalue weighted by Gasteiger charge is 2.66. The fourth-order valence-corrected chi connectivity index (χ4v) is 12.6. The number of benzene rings is 4. The Labute approximate surface area is 303 Å². The molecule has 0 aliphatic carbocycles. The van der Waals surface area contributed by atoms with E-state index < -0.39 is 24.7 Å². The van der Waals surface area contributed by atoms with Crippen molar-refractivity contribution < 1.29 is 29.1 Å². The number of ether oxygens (including phenoxy) is 2. The second kappa shape index (κ2) is 13.8. The van der Waals surface area contributed by atoms with Crippen molar-refractivity contribution in [2.75, 3.05) is 23.6 Å². The van der Waals surface area contributed by atoms with Gasteiger partial charge in [-0.1, -0.05) is 79.8 Å². The molecule has 0 unspecified atom stereocenters. The van der Waals surface area contributed by atoms with Crippen molar-refractivity contribution in [1.82, 2.24) is 0 Å². The highest BCUT2D eigenvalue weighted by molar-refractivity contribution is 6.91. The zero-order valence-electron chi connectivity index (χ0n) is 29.7. The SMILES string of the molecule is COc1ccc([Si](C)(C)[C@H]2[C@H](CCO)O[C@@]3(C(=O)N(Cc4cccc(N5N=C(c6ccccc6)CCC5=O)c4)c4ccc([N+](=O)[O-])cc43)[C@@H]2C)cc1. The van der Waals surface area contributed by atoms with Gasteiger partial charge < -0.3 is 19.5 Å². The van der Waals surface area contributed by atoms with E-state index in [0.29, 0.717) is 36.2 Å². The first kappa shape index (κ1) is 35.2. The fraction of sp³-hybridized carbons (Fsp3) is 0.325. The van der Waals surface area contributed by atoms with Gasteiger partial charge in [-0.25, -0.2) is 5.01 Å². The molecule has 0 radical (unpaired) electrons. The molecule has 0 saturated carbocycles. The summed E-state index contributed by atoms with van der Waals surface area (Å²) in [5.74, 6) is -0.0606. The van der Waals surface area contributed by atoms with Crippen LogP contribution in [0.15, 0.2) is 102 Å². The first-order valence-electron chi connectivity index (χ1n) is 17.6. The zero-order chi connectivity index (χ0) is 36.8. The molecule has 12 heteroatoms. The Morgan fingerprint density at radius 1 is 1.00 bits per heavy atom. The minimum atomic E-state index is -2.43. The number of hydrazone groups is 1. The van der Waals surface area contributed by atoms with Crippen LogP contribution in [0.3, 0.4) is 0 Å². The van der Waals surface area contributed by atoms with Crippen molar-refractivity contribution >= 4 is 47.8 Å². The molecule has 0 bridgehead atoms. The fourth-order valence-electron chi connectivity index (χ4n) is 8.53. The van der Waals surface area contributed by atoms with Gasteiger partial charge in [0.15, 0.2) is 5.60 Å². The Bertz CT molecular complexity index is 2050. The number of aliphatic hydroxyl groups is 1. The second-order valence-corrected chi connectivity index (χ2v) is 19.0. The van der Waals surface area contributed by atoms with E-state index in [2.05, 4.69) is 25.2 Å². The maximum atomic E-state index is 15.0. The van der Waals surface area contributed by atoms with E-state index in [9.17, 15) is 20.0 Å². The van der Waals surface area contributed by atoms with Crippen LogP contribution in [0.5, 0.6) is 5.75 Å². The molecule has 3 aliphatic heterocycles. The van der Waals surface area contributed by atoms with Gasteiger partial charge >= 0.3 is 0 Å². The summed E-state index contributed by atoms with van der Waals surface area (Å²) in [4.78, 5) is 41.4. The number of aliphatic hydroxyl groups excluding tert-OH is 1. The van der Waals surface area contributed by atoms with Gasteiger partial charge in [0.1, 0.15) is 5.75 Å². The number of methoxy groups -OCH3 is 1. The largest absolute Gasteiger partial charge is 0.497 e. The van der Waals surface area contributed by atoms with Crippen molar-refractivity contribution in [2.24, 2.45) is 11.0 Å². The van der Waals surface area contributed by atoms with E-state index in [0.717, 1.165) is 27.8 Å². The van der Waals surface area contributed by atoms with Crippen LogP contribution < -0.4 is 19.8 Å². The summed E-state index contributed by atoms with van der Waals surface area (Å²) in [5, 5.41) is 29.6. The summed E-state index contributed by atoms with van der Waals surface area (Å²) in [6.45, 7) is 6.50. The highest BCUT2D eigenvalue weighted by Crippen LogP contribution is 2.60. The normalized spacial score (nSPS) is 22.9. The van der Waals surface area contributed by atoms with E-state index in [1.165, 1.54) is 17.1 Å². The lowest BCUT2D eigenvalue weighted by Crippen LogP contribution is -2.51. The monoisotopic (exact) mass is 718 g/mol. The molecule has 4 atom stereocenters. The standard InChI is InChI=1S/C40H42N4O7Si/c1-26-38(52(3,4)32-16-14-31(50-2)15-17-32)36(21-22-45)51-40(26)33-24-30(44(48)49)13-19-35(33)42(39(40)47)25-27-9-8-12-29(23-27)43-37(46)20-18-34(41-43)28-10-6-5-7-11-28/h5-17,19,23-24,26,36,38,45H,18,20-22,25H2,1-4H3/t26-,36+,38-,40+/m1/s1. The second-order valence-electron chi connectivity index (χ2n) is 14.3. The molecule has 7 rings (SSSR count). The molecule has 4 aromatic rings. The van der Waals surface area contributed by atoms with Crippen LogP contribution in [0.1, 0.15) is 42.9 Å². The lowest BCUT2D eigenvalue weighted by atomic mass is 9.82. The minimum Gasteiger partial charge on any atom is -0.497 e. The molecular weight excluding hydrogens is 677 g/mol. The third-order valence-corrected chi connectivity index (χ3v) is 15.4. The predicted molar refractivity (Wildman–Crippen MR) is 202 cm³/mol. The smallest absolute Gasteiger partial charge is 0.269 e. The summed E-state index contributed by atoms with van der Waals surface area (Å²) in [6, 6.07) is 29.7. The molecule has 1 saturated heterocycles. The number of nitro groups is 1. The summed E-state index contributed by atoms with van der Waals surface area (Å²) >= 11 is 0. The molecule has 3 heterocycles. The molecule has 1 N–H and O–H groups in total. The van der Waals surface area contributed by atoms with E-state index in [4.69, 9.17) is 14.6 Å². The molecule has 268 valence electrons. The summed E-state index contributed by atoms with van der Waals surface area (Å²) in [5.41, 5.74) is 2.37. The molecule has 2 amide bonds. The van der Waals surface area contributed by atoms with Crippen LogP contribution in [0.4, 0.5) is 17.1 Å². The van der Waals surface area contributed by atoms with Crippen LogP contribution in [0, 0.1) is 16.0 Å². The summed E-state index contributed by atoms with van der Waals surface area (Å²) in [6.07, 6.45) is 0.711. The third-order valence-electron chi connectivity index (χ3n) is 11.1. The van der Waals surface area contributed by atoms with Crippen molar-refractivity contribution in [3.05, 3.63) is 124 Å². The molecule has 0 aromatic heterocycles. The van der Waals surface area contributed by atoms with E-state index >= 15 is 4.79 Å². The van der Waals surface area contributed by atoms with Gasteiger partial charge in [-0.3, -0.25) is 19.7 Å². The van der Waals surface area contributed by atoms with Crippen LogP contribution >= 0.6 is 0 Å². The van der Waals surface area contributed by atoms with Crippen LogP contribution in [-0.4, -0.2) is 55.5 Å². The number of carbonyl (C=O) groups excluding carboxylic acids is 2. The number of hydrogen-bond donors (Lipinski definition) is 1. The van der Waals surface area contributed by atoms with Gasteiger partial charge in [-0.05, 0) is 53.4 Å². The molecule has 4 aromatic carbocycles. The predicted octanol–water partition coefficient (Wildman–Crippen LogP) is 6.28. The minimum absolute atomic E-state index is 0.117. The molecule has 1 spiro atoms. The van der Waals surface area contributed by atoms with Gasteiger partial charge in [0.2, 0.25) is 5.91 Å². The summed E-state index contributed by atoms with van der Waals surface area (Å²) in [7, 11) is -0.807. The van der Waals surface area contributed by atoms with Gasteiger partial charge in [0, 0.05) is 43.1 Å². The van der Waals surface area contributed by atoms with Gasteiger partial charge in [0.05, 0.1) is 49.8 Å². The van der Waals surface area contributed by atoms with E-state index in [1.807, 2.05) is 73.7 Å². The Kier molecular flexibility index (Phi) is 9.32. The van der Waals surface area contributed by atoms with E-state index in [1.54, 1.807) is 18.1 Å². The number of nitro benzene ring substituents is 1. The van der Waals surface area contributed by atoms with Crippen LogP contribution in [0.2, 0.25) is 18.6 Å². The first-order chi connectivity index (χ1) is 25.0. The third kappa shape index (κ3) is 5.90. The number of nitrogens with zero attached hydrogens (tertiary/aromatic N) is 4. The molecular formula is C40H42N4O7Si. The lowest BCUT2D eigenvalue weighted by molar-refractivity contribution is -0.385. The number of rotatable bonds is 10. The maximum Gasteiger partial charge on any atom is 0.269 e. The Balaban J connectivity index is 1.27. The maximum absolute atomic E-state index is 15.0. The number of amides is 2. The molecule has 11 nitrogen and oxygen atoms in total. The molecule has 1 fully saturated rings. The topological polar surface area (TPSA) is 135 Å². The molecule has 3 aliphatic rings. The number of anilines is 2. The van der Waals surface area contributed by atoms with Crippen molar-refractivity contribution in [2.45, 2.75) is 63.1 Å². The first-order valence-corrected chi connectivity index (χ1v) is 20.7. The quantitative estimate of drug-likeness (QED) is 0.116. The number of fused-ring (bicyclic) bond motifs is 2. The zero-order valence-corrected chi connectivity index (χ0v) is 30.7. The highest BCUT2D eigenvalue weighted by atomic mass is 28.3. The Morgan fingerprint density at radius 3 is 2.44 bits per heavy atom. The number of non-ortho nitro benzene ring substituents is 1. The van der Waals surface area contributed by atoms with Crippen LogP contribution in [0.25, 0.3) is 0 Å². The van der Waals surface area contributed by atoms with E-state index in [-0.39, 0.29) is 42.1 Å². The van der Waals surface area contributed by atoms with Crippen LogP contribution in [-0.2, 0) is 26.5 Å². The molecule has 52 heavy (non-hydrogen) atoms. The van der Waals surface area contributed by atoms with Gasteiger partial charge in [0.25, 0.3) is 11.6 Å². The Hall–Kier alpha value is -5.17. The summed E-state index contributed by atoms with van der Waals surface area (Å²) < 4.78 is 12.3. The lowest BCUT2D eigenvalue weighted by Gasteiger charge is -2.37. The average Bonchev–Trinajstić information content (AvgIpc) is 3.58. The van der Waals surface area contributed by atoms with Crippen molar-refractivity contribution in [3.8, 4) is 5.75 Å². The van der Waals surface area contributed by atoms with Gasteiger partial charge in [-0.2, -0.15) is 5.10 Å². The Morgan fingerprint density at radius 2 is 1.75 bits per heavy atom. The van der Waals surface area contributed by atoms with Crippen molar-refractivity contribution in [1.29, 1.82) is 0 Å². The average molecular weight is 719 g/mol. The number of carbonyl (C=O) groups is 2. The number of hydrogen-bond acceptors (Lipinski definition) is 8. The van der Waals surface area contributed by atoms with Gasteiger partial charge in [-0.15, -0.1) is 0 Å².